The van der Waals surface area contributed by atoms with Gasteiger partial charge in [0, 0.05) is 24.7 Å². The standard InChI is InChI=1S/C15H32N2/c1-5-9-10-11-17-12-14(6-2)16-13-15(17,7-3)8-4/h14,16H,5-13H2,1-4H3. The molecule has 1 fully saturated rings. The Hall–Kier alpha value is -0.0800. The van der Waals surface area contributed by atoms with Gasteiger partial charge in [0.1, 0.15) is 0 Å². The molecule has 1 aliphatic rings. The summed E-state index contributed by atoms with van der Waals surface area (Å²) in [6, 6.07) is 0.711. The summed E-state index contributed by atoms with van der Waals surface area (Å²) in [5.74, 6) is 0. The number of rotatable bonds is 7. The van der Waals surface area contributed by atoms with Gasteiger partial charge >= 0.3 is 0 Å². The first kappa shape index (κ1) is 15.0. The van der Waals surface area contributed by atoms with Crippen LogP contribution >= 0.6 is 0 Å². The van der Waals surface area contributed by atoms with Crippen molar-refractivity contribution in [3.8, 4) is 0 Å². The highest BCUT2D eigenvalue weighted by Gasteiger charge is 2.37. The van der Waals surface area contributed by atoms with E-state index in [4.69, 9.17) is 0 Å². The van der Waals surface area contributed by atoms with Crippen LogP contribution in [0.3, 0.4) is 0 Å². The average molecular weight is 240 g/mol. The van der Waals surface area contributed by atoms with Crippen LogP contribution in [0.2, 0.25) is 0 Å². The highest BCUT2D eigenvalue weighted by molar-refractivity contribution is 4.97. The van der Waals surface area contributed by atoms with Gasteiger partial charge in [0.15, 0.2) is 0 Å². The molecule has 0 radical (unpaired) electrons. The monoisotopic (exact) mass is 240 g/mol. The predicted molar refractivity (Wildman–Crippen MR) is 76.5 cm³/mol. The molecular weight excluding hydrogens is 208 g/mol. The number of unbranched alkanes of at least 4 members (excludes halogenated alkanes) is 2. The lowest BCUT2D eigenvalue weighted by Gasteiger charge is -2.50. The molecular formula is C15H32N2. The average Bonchev–Trinajstić information content (AvgIpc) is 2.39. The van der Waals surface area contributed by atoms with Crippen LogP contribution in [0.4, 0.5) is 0 Å². The molecule has 0 aromatic heterocycles. The molecule has 1 unspecified atom stereocenters. The summed E-state index contributed by atoms with van der Waals surface area (Å²) < 4.78 is 0. The molecule has 1 rings (SSSR count). The minimum Gasteiger partial charge on any atom is -0.311 e. The first-order chi connectivity index (χ1) is 8.22. The number of nitrogens with one attached hydrogen (secondary N) is 1. The van der Waals surface area contributed by atoms with Crippen molar-refractivity contribution in [2.45, 2.75) is 77.8 Å². The van der Waals surface area contributed by atoms with Crippen LogP contribution in [0.15, 0.2) is 0 Å². The molecule has 0 bridgehead atoms. The summed E-state index contributed by atoms with van der Waals surface area (Å²) in [6.45, 7) is 13.0. The molecule has 1 aliphatic heterocycles. The smallest absolute Gasteiger partial charge is 0.0329 e. The lowest BCUT2D eigenvalue weighted by molar-refractivity contribution is 0.0295. The van der Waals surface area contributed by atoms with Gasteiger partial charge in [-0.1, -0.05) is 40.5 Å². The molecule has 0 aliphatic carbocycles. The van der Waals surface area contributed by atoms with Crippen molar-refractivity contribution in [1.29, 1.82) is 0 Å². The maximum absolute atomic E-state index is 3.74. The Morgan fingerprint density at radius 3 is 2.35 bits per heavy atom. The minimum atomic E-state index is 0.430. The number of hydrogen-bond acceptors (Lipinski definition) is 2. The summed E-state index contributed by atoms with van der Waals surface area (Å²) in [6.07, 6.45) is 7.89. The summed E-state index contributed by atoms with van der Waals surface area (Å²) in [4.78, 5) is 2.79. The summed E-state index contributed by atoms with van der Waals surface area (Å²) >= 11 is 0. The molecule has 1 heterocycles. The number of nitrogens with zero attached hydrogens (tertiary/aromatic N) is 1. The Morgan fingerprint density at radius 2 is 1.82 bits per heavy atom. The predicted octanol–water partition coefficient (Wildman–Crippen LogP) is 3.42. The summed E-state index contributed by atoms with van der Waals surface area (Å²) in [5, 5.41) is 3.74. The van der Waals surface area contributed by atoms with E-state index < -0.39 is 0 Å². The highest BCUT2D eigenvalue weighted by atomic mass is 15.3. The summed E-state index contributed by atoms with van der Waals surface area (Å²) in [5.41, 5.74) is 0.430. The van der Waals surface area contributed by atoms with Crippen LogP contribution in [0, 0.1) is 0 Å². The van der Waals surface area contributed by atoms with Crippen LogP contribution in [-0.4, -0.2) is 36.1 Å². The van der Waals surface area contributed by atoms with E-state index >= 15 is 0 Å². The van der Waals surface area contributed by atoms with Gasteiger partial charge in [-0.05, 0) is 32.2 Å². The molecule has 1 N–H and O–H groups in total. The lowest BCUT2D eigenvalue weighted by Crippen LogP contribution is -2.64. The fourth-order valence-electron chi connectivity index (χ4n) is 3.07. The normalized spacial score (nSPS) is 25.1. The van der Waals surface area contributed by atoms with E-state index in [1.807, 2.05) is 0 Å². The van der Waals surface area contributed by atoms with Gasteiger partial charge in [-0.15, -0.1) is 0 Å². The van der Waals surface area contributed by atoms with Crippen LogP contribution in [0.5, 0.6) is 0 Å². The quantitative estimate of drug-likeness (QED) is 0.686. The van der Waals surface area contributed by atoms with Gasteiger partial charge in [0.05, 0.1) is 0 Å². The first-order valence-corrected chi connectivity index (χ1v) is 7.70. The van der Waals surface area contributed by atoms with Gasteiger partial charge < -0.3 is 5.32 Å². The molecule has 0 amide bonds. The van der Waals surface area contributed by atoms with Gasteiger partial charge in [-0.2, -0.15) is 0 Å². The second-order valence-corrected chi connectivity index (χ2v) is 5.57. The lowest BCUT2D eigenvalue weighted by atomic mass is 9.86. The third kappa shape index (κ3) is 3.69. The number of piperazine rings is 1. The van der Waals surface area contributed by atoms with Gasteiger partial charge in [-0.3, -0.25) is 4.90 Å². The second kappa shape index (κ2) is 7.38. The zero-order chi connectivity index (χ0) is 12.7. The minimum absolute atomic E-state index is 0.430. The van der Waals surface area contributed by atoms with Crippen molar-refractivity contribution in [3.63, 3.8) is 0 Å². The topological polar surface area (TPSA) is 15.3 Å². The Balaban J connectivity index is 2.60. The Morgan fingerprint density at radius 1 is 1.12 bits per heavy atom. The van der Waals surface area contributed by atoms with Crippen LogP contribution in [-0.2, 0) is 0 Å². The van der Waals surface area contributed by atoms with E-state index in [0.717, 1.165) is 0 Å². The SMILES string of the molecule is CCCCCN1CC(CC)NCC1(CC)CC. The maximum atomic E-state index is 3.74. The van der Waals surface area contributed by atoms with Crippen molar-refractivity contribution in [1.82, 2.24) is 10.2 Å². The zero-order valence-corrected chi connectivity index (χ0v) is 12.4. The van der Waals surface area contributed by atoms with Crippen molar-refractivity contribution < 1.29 is 0 Å². The molecule has 1 saturated heterocycles. The fourth-order valence-corrected chi connectivity index (χ4v) is 3.07. The zero-order valence-electron chi connectivity index (χ0n) is 12.4. The van der Waals surface area contributed by atoms with Gasteiger partial charge in [0.2, 0.25) is 0 Å². The fraction of sp³-hybridized carbons (Fsp3) is 1.00. The van der Waals surface area contributed by atoms with Crippen molar-refractivity contribution in [3.05, 3.63) is 0 Å². The molecule has 102 valence electrons. The summed E-state index contributed by atoms with van der Waals surface area (Å²) in [7, 11) is 0. The van der Waals surface area contributed by atoms with Gasteiger partial charge in [0.25, 0.3) is 0 Å². The van der Waals surface area contributed by atoms with Crippen molar-refractivity contribution in [2.24, 2.45) is 0 Å². The van der Waals surface area contributed by atoms with E-state index in [0.29, 0.717) is 11.6 Å². The highest BCUT2D eigenvalue weighted by Crippen LogP contribution is 2.27. The Labute approximate surface area is 108 Å². The van der Waals surface area contributed by atoms with Crippen LogP contribution < -0.4 is 5.32 Å². The van der Waals surface area contributed by atoms with E-state index in [-0.39, 0.29) is 0 Å². The maximum Gasteiger partial charge on any atom is 0.0329 e. The Bertz CT molecular complexity index is 199. The largest absolute Gasteiger partial charge is 0.311 e. The van der Waals surface area contributed by atoms with E-state index in [9.17, 15) is 0 Å². The first-order valence-electron chi connectivity index (χ1n) is 7.70. The van der Waals surface area contributed by atoms with E-state index in [2.05, 4.69) is 37.9 Å². The Kier molecular flexibility index (Phi) is 6.50. The molecule has 2 nitrogen and oxygen atoms in total. The van der Waals surface area contributed by atoms with Crippen LogP contribution in [0.25, 0.3) is 0 Å². The molecule has 1 atom stereocenters. The van der Waals surface area contributed by atoms with E-state index in [1.54, 1.807) is 0 Å². The third-order valence-electron chi connectivity index (χ3n) is 4.67. The molecule has 0 aromatic rings. The molecule has 17 heavy (non-hydrogen) atoms. The number of hydrogen-bond donors (Lipinski definition) is 1. The van der Waals surface area contributed by atoms with Crippen LogP contribution in [0.1, 0.15) is 66.2 Å². The van der Waals surface area contributed by atoms with Crippen molar-refractivity contribution in [2.75, 3.05) is 19.6 Å². The molecule has 0 spiro atoms. The van der Waals surface area contributed by atoms with Crippen molar-refractivity contribution >= 4 is 0 Å². The van der Waals surface area contributed by atoms with E-state index in [1.165, 1.54) is 58.2 Å². The second-order valence-electron chi connectivity index (χ2n) is 5.57. The molecule has 2 heteroatoms. The molecule has 0 aromatic carbocycles. The molecule has 0 saturated carbocycles. The van der Waals surface area contributed by atoms with Gasteiger partial charge in [-0.25, -0.2) is 0 Å². The third-order valence-corrected chi connectivity index (χ3v) is 4.67.